The fourth-order valence-electron chi connectivity index (χ4n) is 0.970. The van der Waals surface area contributed by atoms with Gasteiger partial charge in [0.1, 0.15) is 6.04 Å². The molecule has 7 nitrogen and oxygen atoms in total. The maximum atomic E-state index is 11.4. The number of nitrogens with two attached hydrogens (primary N) is 1. The topological polar surface area (TPSA) is 130 Å². The molecule has 0 saturated carbocycles. The number of aliphatic carboxylic acids is 2. The Morgan fingerprint density at radius 1 is 1.35 bits per heavy atom. The largest absolute Gasteiger partial charge is 0.481 e. The minimum Gasteiger partial charge on any atom is -0.481 e. The maximum absolute atomic E-state index is 11.4. The molecule has 8 heteroatoms. The van der Waals surface area contributed by atoms with Gasteiger partial charge in [-0.3, -0.25) is 9.59 Å². The van der Waals surface area contributed by atoms with Crippen molar-refractivity contribution in [2.45, 2.75) is 25.4 Å². The average molecular weight is 264 g/mol. The number of thioether (sulfide) groups is 1. The van der Waals surface area contributed by atoms with E-state index in [1.54, 1.807) is 0 Å². The third-order valence-corrected chi connectivity index (χ3v) is 2.81. The molecule has 0 aliphatic rings. The summed E-state index contributed by atoms with van der Waals surface area (Å²) in [6.45, 7) is 1.86. The van der Waals surface area contributed by atoms with Crippen LogP contribution < -0.4 is 11.1 Å². The highest BCUT2D eigenvalue weighted by atomic mass is 32.2. The summed E-state index contributed by atoms with van der Waals surface area (Å²) in [7, 11) is 0. The third-order valence-electron chi connectivity index (χ3n) is 1.83. The molecule has 0 aliphatic carbocycles. The molecule has 0 radical (unpaired) electrons. The van der Waals surface area contributed by atoms with Crippen molar-refractivity contribution in [2.24, 2.45) is 5.73 Å². The highest BCUT2D eigenvalue weighted by Gasteiger charge is 2.24. The van der Waals surface area contributed by atoms with Crippen LogP contribution in [0.15, 0.2) is 0 Å². The maximum Gasteiger partial charge on any atom is 0.327 e. The monoisotopic (exact) mass is 264 g/mol. The fraction of sp³-hybridized carbons (Fsp3) is 0.667. The highest BCUT2D eigenvalue weighted by Crippen LogP contribution is 2.03. The van der Waals surface area contributed by atoms with Gasteiger partial charge in [-0.1, -0.05) is 6.92 Å². The quantitative estimate of drug-likeness (QED) is 0.447. The van der Waals surface area contributed by atoms with Crippen LogP contribution in [-0.2, 0) is 14.4 Å². The number of amides is 1. The summed E-state index contributed by atoms with van der Waals surface area (Å²) in [5.74, 6) is -2.20. The van der Waals surface area contributed by atoms with Gasteiger partial charge in [-0.25, -0.2) is 4.79 Å². The zero-order valence-electron chi connectivity index (χ0n) is 9.38. The molecule has 1 amide bonds. The lowest BCUT2D eigenvalue weighted by atomic mass is 10.2. The molecule has 0 spiro atoms. The van der Waals surface area contributed by atoms with E-state index in [9.17, 15) is 14.4 Å². The average Bonchev–Trinajstić information content (AvgIpc) is 2.22. The Labute approximate surface area is 103 Å². The van der Waals surface area contributed by atoms with Crippen LogP contribution in [0.3, 0.4) is 0 Å². The lowest BCUT2D eigenvalue weighted by Gasteiger charge is -2.16. The van der Waals surface area contributed by atoms with Crippen molar-refractivity contribution in [3.8, 4) is 0 Å². The van der Waals surface area contributed by atoms with Gasteiger partial charge < -0.3 is 21.3 Å². The van der Waals surface area contributed by atoms with Crippen LogP contribution in [0.25, 0.3) is 0 Å². The van der Waals surface area contributed by atoms with Crippen molar-refractivity contribution in [1.82, 2.24) is 5.32 Å². The Hall–Kier alpha value is -1.28. The fourth-order valence-corrected chi connectivity index (χ4v) is 1.67. The number of hydrogen-bond donors (Lipinski definition) is 4. The van der Waals surface area contributed by atoms with Gasteiger partial charge in [-0.15, -0.1) is 0 Å². The Balaban J connectivity index is 4.29. The summed E-state index contributed by atoms with van der Waals surface area (Å²) in [5, 5.41) is 19.5. The first kappa shape index (κ1) is 15.7. The lowest BCUT2D eigenvalue weighted by molar-refractivity contribution is -0.142. The second-order valence-corrected chi connectivity index (χ2v) is 4.58. The molecule has 0 unspecified atom stereocenters. The SMILES string of the molecule is CCSC[C@H](NC(=O)[C@@H](N)CC(=O)O)C(=O)O. The van der Waals surface area contributed by atoms with E-state index >= 15 is 0 Å². The predicted molar refractivity (Wildman–Crippen MR) is 62.8 cm³/mol. The second kappa shape index (κ2) is 7.91. The van der Waals surface area contributed by atoms with Crippen molar-refractivity contribution in [3.05, 3.63) is 0 Å². The summed E-state index contributed by atoms with van der Waals surface area (Å²) in [5.41, 5.74) is 5.30. The summed E-state index contributed by atoms with van der Waals surface area (Å²) >= 11 is 1.36. The molecule has 0 aromatic rings. The van der Waals surface area contributed by atoms with E-state index in [1.165, 1.54) is 11.8 Å². The van der Waals surface area contributed by atoms with Gasteiger partial charge in [0.25, 0.3) is 0 Å². The smallest absolute Gasteiger partial charge is 0.327 e. The Morgan fingerprint density at radius 3 is 2.35 bits per heavy atom. The highest BCUT2D eigenvalue weighted by molar-refractivity contribution is 7.99. The number of carbonyl (C=O) groups excluding carboxylic acids is 1. The predicted octanol–water partition coefficient (Wildman–Crippen LogP) is -0.889. The van der Waals surface area contributed by atoms with Gasteiger partial charge >= 0.3 is 11.9 Å². The molecule has 0 bridgehead atoms. The molecule has 0 rings (SSSR count). The van der Waals surface area contributed by atoms with E-state index in [4.69, 9.17) is 15.9 Å². The normalized spacial score (nSPS) is 13.8. The minimum atomic E-state index is -1.24. The van der Waals surface area contributed by atoms with E-state index in [1.807, 2.05) is 6.92 Å². The molecule has 0 saturated heterocycles. The van der Waals surface area contributed by atoms with Crippen LogP contribution in [0, 0.1) is 0 Å². The van der Waals surface area contributed by atoms with Gasteiger partial charge in [-0.2, -0.15) is 11.8 Å². The molecular formula is C9H16N2O5S. The van der Waals surface area contributed by atoms with Crippen molar-refractivity contribution in [2.75, 3.05) is 11.5 Å². The number of hydrogen-bond acceptors (Lipinski definition) is 5. The molecule has 0 fully saturated rings. The van der Waals surface area contributed by atoms with Crippen LogP contribution in [0.1, 0.15) is 13.3 Å². The molecule has 0 aromatic heterocycles. The van der Waals surface area contributed by atoms with Gasteiger partial charge in [0.05, 0.1) is 12.5 Å². The molecule has 0 aromatic carbocycles. The zero-order chi connectivity index (χ0) is 13.4. The van der Waals surface area contributed by atoms with Crippen molar-refractivity contribution < 1.29 is 24.6 Å². The van der Waals surface area contributed by atoms with E-state index in [-0.39, 0.29) is 5.75 Å². The summed E-state index contributed by atoms with van der Waals surface area (Å²) in [6, 6.07) is -2.28. The Bertz CT molecular complexity index is 297. The number of nitrogens with one attached hydrogen (secondary N) is 1. The molecule has 98 valence electrons. The van der Waals surface area contributed by atoms with Crippen molar-refractivity contribution in [3.63, 3.8) is 0 Å². The molecule has 2 atom stereocenters. The standard InChI is InChI=1S/C9H16N2O5S/c1-2-17-4-6(9(15)16)11-8(14)5(10)3-7(12)13/h5-6H,2-4,10H2,1H3,(H,11,14)(H,12,13)(H,15,16)/t5-,6-/m0/s1. The molecule has 0 heterocycles. The molecule has 5 N–H and O–H groups in total. The van der Waals surface area contributed by atoms with E-state index in [0.717, 1.165) is 5.75 Å². The van der Waals surface area contributed by atoms with E-state index in [0.29, 0.717) is 0 Å². The first-order valence-corrected chi connectivity index (χ1v) is 6.12. The molecule has 0 aliphatic heterocycles. The minimum absolute atomic E-state index is 0.220. The zero-order valence-corrected chi connectivity index (χ0v) is 10.2. The van der Waals surface area contributed by atoms with Crippen LogP contribution >= 0.6 is 11.8 Å². The first-order chi connectivity index (χ1) is 7.88. The van der Waals surface area contributed by atoms with E-state index < -0.39 is 36.4 Å². The van der Waals surface area contributed by atoms with Crippen LogP contribution in [0.2, 0.25) is 0 Å². The van der Waals surface area contributed by atoms with Gasteiger partial charge in [0.2, 0.25) is 5.91 Å². The van der Waals surface area contributed by atoms with Crippen molar-refractivity contribution in [1.29, 1.82) is 0 Å². The number of carboxylic acids is 2. The lowest BCUT2D eigenvalue weighted by Crippen LogP contribution is -2.50. The summed E-state index contributed by atoms with van der Waals surface area (Å²) in [6.07, 6.45) is -0.529. The summed E-state index contributed by atoms with van der Waals surface area (Å²) in [4.78, 5) is 32.5. The van der Waals surface area contributed by atoms with Crippen LogP contribution in [0.4, 0.5) is 0 Å². The number of carboxylic acid groups (broad SMARTS) is 2. The first-order valence-electron chi connectivity index (χ1n) is 4.96. The Kier molecular flexibility index (Phi) is 7.31. The van der Waals surface area contributed by atoms with E-state index in [2.05, 4.69) is 5.32 Å². The molecular weight excluding hydrogens is 248 g/mol. The number of rotatable bonds is 8. The third kappa shape index (κ3) is 6.80. The van der Waals surface area contributed by atoms with Crippen molar-refractivity contribution >= 4 is 29.6 Å². The number of carbonyl (C=O) groups is 3. The van der Waals surface area contributed by atoms with Gasteiger partial charge in [0, 0.05) is 5.75 Å². The second-order valence-electron chi connectivity index (χ2n) is 3.26. The Morgan fingerprint density at radius 2 is 1.94 bits per heavy atom. The van der Waals surface area contributed by atoms with Crippen LogP contribution in [-0.4, -0.2) is 51.6 Å². The molecule has 17 heavy (non-hydrogen) atoms. The van der Waals surface area contributed by atoms with Gasteiger partial charge in [-0.05, 0) is 5.75 Å². The summed E-state index contributed by atoms with van der Waals surface area (Å²) < 4.78 is 0. The van der Waals surface area contributed by atoms with Gasteiger partial charge in [0.15, 0.2) is 0 Å². The van der Waals surface area contributed by atoms with Crippen LogP contribution in [0.5, 0.6) is 0 Å².